The first kappa shape index (κ1) is 34.3. The van der Waals surface area contributed by atoms with Crippen LogP contribution in [0.4, 0.5) is 0 Å². The smallest absolute Gasteiger partial charge is 0.423 e. The van der Waals surface area contributed by atoms with Crippen molar-refractivity contribution in [2.75, 3.05) is 0 Å². The van der Waals surface area contributed by atoms with E-state index in [1.807, 2.05) is 54.6 Å². The van der Waals surface area contributed by atoms with Gasteiger partial charge in [0.2, 0.25) is 0 Å². The molecule has 7 aromatic carbocycles. The highest BCUT2D eigenvalue weighted by atomic mass is 79.9. The molecule has 0 radical (unpaired) electrons. The summed E-state index contributed by atoms with van der Waals surface area (Å²) in [6.45, 7) is 0. The Balaban J connectivity index is 0.000000133. The summed E-state index contributed by atoms with van der Waals surface area (Å²) in [5.74, 6) is 0. The molecule has 0 aliphatic heterocycles. The van der Waals surface area contributed by atoms with E-state index in [1.165, 1.54) is 71.6 Å². The van der Waals surface area contributed by atoms with Crippen LogP contribution in [0.25, 0.3) is 50.9 Å². The Morgan fingerprint density at radius 3 is 1.23 bits per heavy atom. The van der Waals surface area contributed by atoms with Crippen molar-refractivity contribution in [2.24, 2.45) is 0 Å². The van der Waals surface area contributed by atoms with Gasteiger partial charge in [0, 0.05) is 14.3 Å². The minimum Gasteiger partial charge on any atom is -0.423 e. The molecule has 5 heteroatoms. The molecule has 252 valence electrons. The zero-order valence-corrected chi connectivity index (χ0v) is 31.6. The van der Waals surface area contributed by atoms with Crippen LogP contribution in [0.3, 0.4) is 0 Å². The predicted molar refractivity (Wildman–Crippen MR) is 228 cm³/mol. The molecule has 7 aromatic rings. The third kappa shape index (κ3) is 7.02. The number of benzene rings is 7. The first-order valence-electron chi connectivity index (χ1n) is 17.5. The van der Waals surface area contributed by atoms with Crippen LogP contribution in [0, 0.1) is 0 Å². The standard InChI is InChI=1S/C28H20.C10H6Br2.C9H9BO2/c1-2-8-21-16-24(15-20(21)7-1)26-13-5-11-19-12-6-14-27(28(19)26)25-17-22-9-3-4-10-23(22)18-25;11-8-5-1-3-7-4-2-6-9(12)10(7)8;11-10(12)9-5-7-3-1-2-4-8(7)6-9/h1-15,17H,16,18H2;1-6H;1-5,11-12H,6H2. The van der Waals surface area contributed by atoms with E-state index in [4.69, 9.17) is 10.0 Å². The average molecular weight is 802 g/mol. The van der Waals surface area contributed by atoms with E-state index in [2.05, 4.69) is 141 Å². The van der Waals surface area contributed by atoms with Crippen LogP contribution in [0.15, 0.2) is 160 Å². The lowest BCUT2D eigenvalue weighted by Gasteiger charge is -2.14. The molecule has 3 aliphatic rings. The van der Waals surface area contributed by atoms with Crippen molar-refractivity contribution >= 4 is 89.9 Å². The van der Waals surface area contributed by atoms with Gasteiger partial charge in [0.1, 0.15) is 0 Å². The molecule has 52 heavy (non-hydrogen) atoms. The summed E-state index contributed by atoms with van der Waals surface area (Å²) in [7, 11) is -1.31. The molecule has 3 aliphatic carbocycles. The van der Waals surface area contributed by atoms with Crippen LogP contribution in [-0.4, -0.2) is 17.2 Å². The fourth-order valence-corrected chi connectivity index (χ4v) is 8.96. The third-order valence-electron chi connectivity index (χ3n) is 10.1. The number of fused-ring (bicyclic) bond motifs is 5. The lowest BCUT2D eigenvalue weighted by atomic mass is 9.78. The van der Waals surface area contributed by atoms with Crippen LogP contribution < -0.4 is 0 Å². The lowest BCUT2D eigenvalue weighted by Crippen LogP contribution is -2.14. The van der Waals surface area contributed by atoms with Crippen LogP contribution in [0.2, 0.25) is 0 Å². The summed E-state index contributed by atoms with van der Waals surface area (Å²) in [5, 5.41) is 23.0. The fraction of sp³-hybridized carbons (Fsp3) is 0.0638. The summed E-state index contributed by atoms with van der Waals surface area (Å²) in [5.41, 5.74) is 14.1. The normalized spacial score (nSPS) is 13.5. The van der Waals surface area contributed by atoms with E-state index in [0.717, 1.165) is 27.4 Å². The van der Waals surface area contributed by atoms with Crippen molar-refractivity contribution in [3.63, 3.8) is 0 Å². The predicted octanol–water partition coefficient (Wildman–Crippen LogP) is 12.0. The third-order valence-corrected chi connectivity index (χ3v) is 11.4. The Morgan fingerprint density at radius 2 is 0.808 bits per heavy atom. The highest BCUT2D eigenvalue weighted by molar-refractivity contribution is 9.11. The van der Waals surface area contributed by atoms with Crippen molar-refractivity contribution in [3.05, 3.63) is 205 Å². The van der Waals surface area contributed by atoms with Gasteiger partial charge in [-0.3, -0.25) is 0 Å². The van der Waals surface area contributed by atoms with Gasteiger partial charge in [0.25, 0.3) is 0 Å². The summed E-state index contributed by atoms with van der Waals surface area (Å²) in [6.07, 6.45) is 9.27. The Bertz CT molecular complexity index is 2430. The second kappa shape index (κ2) is 15.1. The summed E-state index contributed by atoms with van der Waals surface area (Å²) in [4.78, 5) is 0. The van der Waals surface area contributed by atoms with Gasteiger partial charge < -0.3 is 10.0 Å². The minimum atomic E-state index is -1.31. The Labute approximate surface area is 321 Å². The van der Waals surface area contributed by atoms with Crippen LogP contribution in [-0.2, 0) is 19.3 Å². The van der Waals surface area contributed by atoms with Crippen molar-refractivity contribution in [1.82, 2.24) is 0 Å². The first-order chi connectivity index (χ1) is 25.4. The minimum absolute atomic E-state index is 0.661. The maximum absolute atomic E-state index is 8.91. The quantitative estimate of drug-likeness (QED) is 0.175. The summed E-state index contributed by atoms with van der Waals surface area (Å²) < 4.78 is 2.26. The molecule has 0 unspecified atom stereocenters. The molecule has 0 saturated heterocycles. The zero-order chi connectivity index (χ0) is 35.6. The molecule has 0 atom stereocenters. The van der Waals surface area contributed by atoms with Gasteiger partial charge in [-0.05, 0) is 109 Å². The van der Waals surface area contributed by atoms with E-state index in [0.29, 0.717) is 11.9 Å². The zero-order valence-electron chi connectivity index (χ0n) is 28.4. The van der Waals surface area contributed by atoms with Gasteiger partial charge in [-0.25, -0.2) is 0 Å². The molecule has 10 rings (SSSR count). The molecule has 0 aromatic heterocycles. The molecule has 0 amide bonds. The highest BCUT2D eigenvalue weighted by Crippen LogP contribution is 2.40. The topological polar surface area (TPSA) is 40.5 Å². The Morgan fingerprint density at radius 1 is 0.404 bits per heavy atom. The molecular weight excluding hydrogens is 767 g/mol. The Hall–Kier alpha value is -4.78. The van der Waals surface area contributed by atoms with Gasteiger partial charge in [-0.1, -0.05) is 184 Å². The van der Waals surface area contributed by atoms with Gasteiger partial charge in [-0.2, -0.15) is 0 Å². The highest BCUT2D eigenvalue weighted by Gasteiger charge is 2.22. The maximum atomic E-state index is 8.91. The molecule has 0 spiro atoms. The number of halogens is 2. The first-order valence-corrected chi connectivity index (χ1v) is 19.1. The van der Waals surface area contributed by atoms with Gasteiger partial charge in [-0.15, -0.1) is 0 Å². The molecule has 2 N–H and O–H groups in total. The van der Waals surface area contributed by atoms with Crippen molar-refractivity contribution < 1.29 is 10.0 Å². The number of allylic oxidation sites excluding steroid dienone is 3. The molecule has 0 saturated carbocycles. The molecule has 2 nitrogen and oxygen atoms in total. The SMILES string of the molecule is Brc1cccc2cccc(Br)c12.C1=C(c2cccc3cccc(C4=Cc5ccccc5C4)c23)Cc2ccccc21.OB(O)C1=Cc2ccccc2C1. The van der Waals surface area contributed by atoms with E-state index in [-0.39, 0.29) is 0 Å². The number of hydrogen-bond donors (Lipinski definition) is 2. The van der Waals surface area contributed by atoms with Gasteiger partial charge >= 0.3 is 7.12 Å². The number of rotatable bonds is 3. The molecule has 0 heterocycles. The van der Waals surface area contributed by atoms with E-state index in [1.54, 1.807) is 0 Å². The van der Waals surface area contributed by atoms with E-state index < -0.39 is 7.12 Å². The second-order valence-corrected chi connectivity index (χ2v) is 15.1. The fourth-order valence-electron chi connectivity index (χ4n) is 7.51. The van der Waals surface area contributed by atoms with Crippen molar-refractivity contribution in [3.8, 4) is 0 Å². The summed E-state index contributed by atoms with van der Waals surface area (Å²) >= 11 is 7.04. The largest absolute Gasteiger partial charge is 0.484 e. The maximum Gasteiger partial charge on any atom is 0.484 e. The monoisotopic (exact) mass is 800 g/mol. The number of hydrogen-bond acceptors (Lipinski definition) is 2. The van der Waals surface area contributed by atoms with Crippen LogP contribution in [0.1, 0.15) is 44.5 Å². The van der Waals surface area contributed by atoms with E-state index in [9.17, 15) is 0 Å². The van der Waals surface area contributed by atoms with Crippen molar-refractivity contribution in [1.29, 1.82) is 0 Å². The molecular formula is C47H35BBr2O2. The second-order valence-electron chi connectivity index (χ2n) is 13.3. The van der Waals surface area contributed by atoms with Crippen LogP contribution in [0.5, 0.6) is 0 Å². The average Bonchev–Trinajstić information content (AvgIpc) is 3.92. The van der Waals surface area contributed by atoms with Crippen molar-refractivity contribution in [2.45, 2.75) is 19.3 Å². The van der Waals surface area contributed by atoms with E-state index >= 15 is 0 Å². The summed E-state index contributed by atoms with van der Waals surface area (Å²) in [6, 6.07) is 51.2. The Kier molecular flexibility index (Phi) is 9.94. The van der Waals surface area contributed by atoms with Gasteiger partial charge in [0.15, 0.2) is 0 Å². The molecule has 0 fully saturated rings. The van der Waals surface area contributed by atoms with Gasteiger partial charge in [0.05, 0.1) is 0 Å². The lowest BCUT2D eigenvalue weighted by molar-refractivity contribution is 0.418. The molecule has 0 bridgehead atoms. The van der Waals surface area contributed by atoms with Crippen LogP contribution >= 0.6 is 31.9 Å².